The van der Waals surface area contributed by atoms with E-state index in [2.05, 4.69) is 17.2 Å². The van der Waals surface area contributed by atoms with Gasteiger partial charge >= 0.3 is 0 Å². The van der Waals surface area contributed by atoms with Gasteiger partial charge in [0.2, 0.25) is 0 Å². The second-order valence-electron chi connectivity index (χ2n) is 5.97. The van der Waals surface area contributed by atoms with Crippen LogP contribution in [0, 0.1) is 6.92 Å². The molecule has 1 N–H and O–H groups in total. The summed E-state index contributed by atoms with van der Waals surface area (Å²) >= 11 is 1.45. The first-order chi connectivity index (χ1) is 12.2. The molecule has 2 aromatic heterocycles. The zero-order valence-corrected chi connectivity index (χ0v) is 15.3. The summed E-state index contributed by atoms with van der Waals surface area (Å²) in [7, 11) is 0. The summed E-state index contributed by atoms with van der Waals surface area (Å²) in [5, 5.41) is 3.47. The Balaban J connectivity index is 1.54. The van der Waals surface area contributed by atoms with Gasteiger partial charge < -0.3 is 14.2 Å². The summed E-state index contributed by atoms with van der Waals surface area (Å²) < 4.78 is 11.3. The van der Waals surface area contributed by atoms with Gasteiger partial charge in [0.25, 0.3) is 11.1 Å². The maximum atomic E-state index is 12.0. The largest absolute Gasteiger partial charge is 0.455 e. The zero-order valence-electron chi connectivity index (χ0n) is 14.5. The molecule has 0 saturated carbocycles. The number of rotatable bonds is 8. The molecule has 1 aromatic carbocycles. The molecule has 0 unspecified atom stereocenters. The number of aromatic nitrogens is 1. The van der Waals surface area contributed by atoms with Gasteiger partial charge in [-0.2, -0.15) is 0 Å². The Kier molecular flexibility index (Phi) is 5.81. The number of furan rings is 1. The van der Waals surface area contributed by atoms with Crippen LogP contribution in [-0.2, 0) is 5.75 Å². The molecule has 0 spiro atoms. The van der Waals surface area contributed by atoms with Gasteiger partial charge in [-0.1, -0.05) is 37.6 Å². The van der Waals surface area contributed by atoms with Crippen LogP contribution in [0.4, 0.5) is 0 Å². The Morgan fingerprint density at radius 2 is 2.08 bits per heavy atom. The van der Waals surface area contributed by atoms with Crippen molar-refractivity contribution < 1.29 is 13.6 Å². The minimum absolute atomic E-state index is 0.162. The third kappa shape index (κ3) is 4.66. The summed E-state index contributed by atoms with van der Waals surface area (Å²) in [6.45, 7) is 4.84. The molecule has 0 aliphatic heterocycles. The van der Waals surface area contributed by atoms with Gasteiger partial charge in [-0.15, -0.1) is 0 Å². The van der Waals surface area contributed by atoms with Crippen molar-refractivity contribution in [3.8, 4) is 0 Å². The van der Waals surface area contributed by atoms with Crippen LogP contribution >= 0.6 is 11.8 Å². The quantitative estimate of drug-likeness (QED) is 0.456. The molecule has 0 fully saturated rings. The standard InChI is InChI=1S/C19H22N2O3S/c1-3-4-5-10-20-18(22)17-9-7-14(23-17)12-25-19-21-15-11-13(2)6-8-16(15)24-19/h6-9,11H,3-5,10,12H2,1-2H3,(H,20,22). The van der Waals surface area contributed by atoms with Crippen molar-refractivity contribution in [2.45, 2.75) is 44.1 Å². The number of unbranched alkanes of at least 4 members (excludes halogenated alkanes) is 2. The Morgan fingerprint density at radius 1 is 1.20 bits per heavy atom. The fourth-order valence-electron chi connectivity index (χ4n) is 2.45. The maximum absolute atomic E-state index is 12.0. The summed E-state index contributed by atoms with van der Waals surface area (Å²) in [6, 6.07) is 9.45. The molecule has 3 aromatic rings. The number of oxazole rings is 1. The highest BCUT2D eigenvalue weighted by Crippen LogP contribution is 2.27. The number of fused-ring (bicyclic) bond motifs is 1. The molecule has 0 radical (unpaired) electrons. The Hall–Kier alpha value is -2.21. The van der Waals surface area contributed by atoms with Gasteiger partial charge in [0.15, 0.2) is 11.3 Å². The lowest BCUT2D eigenvalue weighted by atomic mass is 10.2. The number of hydrogen-bond acceptors (Lipinski definition) is 5. The molecule has 6 heteroatoms. The van der Waals surface area contributed by atoms with Crippen molar-refractivity contribution in [1.82, 2.24) is 10.3 Å². The molecule has 0 aliphatic carbocycles. The molecule has 0 saturated heterocycles. The minimum Gasteiger partial charge on any atom is -0.455 e. The maximum Gasteiger partial charge on any atom is 0.286 e. The van der Waals surface area contributed by atoms with Crippen LogP contribution in [0.3, 0.4) is 0 Å². The van der Waals surface area contributed by atoms with Crippen molar-refractivity contribution in [2.75, 3.05) is 6.54 Å². The number of hydrogen-bond donors (Lipinski definition) is 1. The molecule has 2 heterocycles. The Morgan fingerprint density at radius 3 is 2.92 bits per heavy atom. The predicted octanol–water partition coefficient (Wildman–Crippen LogP) is 4.94. The van der Waals surface area contributed by atoms with Crippen LogP contribution in [0.25, 0.3) is 11.1 Å². The van der Waals surface area contributed by atoms with E-state index in [1.165, 1.54) is 11.8 Å². The summed E-state index contributed by atoms with van der Waals surface area (Å²) in [6.07, 6.45) is 3.24. The van der Waals surface area contributed by atoms with Crippen molar-refractivity contribution in [3.63, 3.8) is 0 Å². The minimum atomic E-state index is -0.162. The van der Waals surface area contributed by atoms with Crippen LogP contribution < -0.4 is 5.32 Å². The summed E-state index contributed by atoms with van der Waals surface area (Å²) in [5.41, 5.74) is 2.78. The average molecular weight is 358 g/mol. The Labute approximate surface area is 151 Å². The Bertz CT molecular complexity index is 853. The molecule has 0 bridgehead atoms. The molecule has 132 valence electrons. The average Bonchev–Trinajstić information content (AvgIpc) is 3.22. The number of carbonyl (C=O) groups excluding carboxylic acids is 1. The van der Waals surface area contributed by atoms with Gasteiger partial charge in [0.05, 0.1) is 5.75 Å². The smallest absolute Gasteiger partial charge is 0.286 e. The highest BCUT2D eigenvalue weighted by molar-refractivity contribution is 7.98. The van der Waals surface area contributed by atoms with E-state index in [1.807, 2.05) is 31.2 Å². The number of amides is 1. The molecule has 1 amide bonds. The fourth-order valence-corrected chi connectivity index (χ4v) is 3.18. The molecule has 25 heavy (non-hydrogen) atoms. The third-order valence-corrected chi connectivity index (χ3v) is 4.66. The van der Waals surface area contributed by atoms with Crippen molar-refractivity contribution >= 4 is 28.8 Å². The van der Waals surface area contributed by atoms with Crippen molar-refractivity contribution in [3.05, 3.63) is 47.4 Å². The molecule has 5 nitrogen and oxygen atoms in total. The topological polar surface area (TPSA) is 68.3 Å². The van der Waals surface area contributed by atoms with E-state index in [-0.39, 0.29) is 5.91 Å². The van der Waals surface area contributed by atoms with Crippen LogP contribution in [-0.4, -0.2) is 17.4 Å². The number of benzene rings is 1. The summed E-state index contributed by atoms with van der Waals surface area (Å²) in [4.78, 5) is 16.5. The van der Waals surface area contributed by atoms with Gasteiger partial charge in [0.1, 0.15) is 11.3 Å². The van der Waals surface area contributed by atoms with E-state index >= 15 is 0 Å². The fraction of sp³-hybridized carbons (Fsp3) is 0.368. The highest BCUT2D eigenvalue weighted by atomic mass is 32.2. The second-order valence-corrected chi connectivity index (χ2v) is 6.90. The normalized spacial score (nSPS) is 11.1. The molecular formula is C19H22N2O3S. The van der Waals surface area contributed by atoms with Crippen LogP contribution in [0.2, 0.25) is 0 Å². The van der Waals surface area contributed by atoms with E-state index in [0.29, 0.717) is 23.3 Å². The number of thioether (sulfide) groups is 1. The number of nitrogens with one attached hydrogen (secondary N) is 1. The van der Waals surface area contributed by atoms with E-state index in [9.17, 15) is 4.79 Å². The molecule has 0 atom stereocenters. The first-order valence-electron chi connectivity index (χ1n) is 8.52. The van der Waals surface area contributed by atoms with Gasteiger partial charge in [0, 0.05) is 6.54 Å². The third-order valence-electron chi connectivity index (χ3n) is 3.81. The van der Waals surface area contributed by atoms with Gasteiger partial charge in [-0.05, 0) is 43.2 Å². The van der Waals surface area contributed by atoms with E-state index in [1.54, 1.807) is 6.07 Å². The van der Waals surface area contributed by atoms with Gasteiger partial charge in [-0.25, -0.2) is 4.98 Å². The van der Waals surface area contributed by atoms with E-state index in [4.69, 9.17) is 8.83 Å². The lowest BCUT2D eigenvalue weighted by Gasteiger charge is -2.01. The van der Waals surface area contributed by atoms with Crippen LogP contribution in [0.1, 0.15) is 48.1 Å². The lowest BCUT2D eigenvalue weighted by molar-refractivity contribution is 0.0924. The molecule has 3 rings (SSSR count). The predicted molar refractivity (Wildman–Crippen MR) is 98.9 cm³/mol. The number of aryl methyl sites for hydroxylation is 1. The van der Waals surface area contributed by atoms with E-state index in [0.717, 1.165) is 41.7 Å². The molecule has 0 aliphatic rings. The SMILES string of the molecule is CCCCCNC(=O)c1ccc(CSc2nc3cc(C)ccc3o2)o1. The number of nitrogens with zero attached hydrogens (tertiary/aromatic N) is 1. The zero-order chi connectivity index (χ0) is 17.6. The lowest BCUT2D eigenvalue weighted by Crippen LogP contribution is -2.23. The second kappa shape index (κ2) is 8.25. The first kappa shape index (κ1) is 17.6. The van der Waals surface area contributed by atoms with Crippen LogP contribution in [0.5, 0.6) is 0 Å². The van der Waals surface area contributed by atoms with Gasteiger partial charge in [-0.3, -0.25) is 4.79 Å². The van der Waals surface area contributed by atoms with Crippen LogP contribution in [0.15, 0.2) is 44.4 Å². The highest BCUT2D eigenvalue weighted by Gasteiger charge is 2.12. The van der Waals surface area contributed by atoms with Crippen molar-refractivity contribution in [2.24, 2.45) is 0 Å². The summed E-state index contributed by atoms with van der Waals surface area (Å²) in [5.74, 6) is 1.47. The molecular weight excluding hydrogens is 336 g/mol. The monoisotopic (exact) mass is 358 g/mol. The number of carbonyl (C=O) groups is 1. The first-order valence-corrected chi connectivity index (χ1v) is 9.51. The van der Waals surface area contributed by atoms with Crippen molar-refractivity contribution in [1.29, 1.82) is 0 Å². The van der Waals surface area contributed by atoms with E-state index < -0.39 is 0 Å².